The molecule has 0 aromatic rings. The number of rotatable bonds is 9. The minimum Gasteiger partial charge on any atom is -0.380 e. The molecule has 1 aliphatic heterocycles. The van der Waals surface area contributed by atoms with Gasteiger partial charge in [0.1, 0.15) is 0 Å². The van der Waals surface area contributed by atoms with Gasteiger partial charge in [0.05, 0.1) is 6.61 Å². The molecule has 0 aliphatic carbocycles. The van der Waals surface area contributed by atoms with Gasteiger partial charge in [0.25, 0.3) is 0 Å². The summed E-state index contributed by atoms with van der Waals surface area (Å²) in [6.45, 7) is 14.4. The molecule has 3 heteroatoms. The Labute approximate surface area is 113 Å². The molecule has 1 rings (SSSR count). The SMILES string of the molecule is CCCNCC1CCN(CCOCC(C)C)CC1. The van der Waals surface area contributed by atoms with E-state index < -0.39 is 0 Å². The summed E-state index contributed by atoms with van der Waals surface area (Å²) in [6, 6.07) is 0. The summed E-state index contributed by atoms with van der Waals surface area (Å²) in [4.78, 5) is 2.55. The fourth-order valence-electron chi connectivity index (χ4n) is 2.41. The highest BCUT2D eigenvalue weighted by Gasteiger charge is 2.18. The van der Waals surface area contributed by atoms with Gasteiger partial charge < -0.3 is 15.0 Å². The van der Waals surface area contributed by atoms with E-state index in [0.717, 1.165) is 25.7 Å². The zero-order valence-corrected chi connectivity index (χ0v) is 12.6. The molecule has 3 nitrogen and oxygen atoms in total. The molecule has 1 heterocycles. The number of likely N-dealkylation sites (tertiary alicyclic amines) is 1. The van der Waals surface area contributed by atoms with Crippen molar-refractivity contribution in [2.24, 2.45) is 11.8 Å². The predicted molar refractivity (Wildman–Crippen MR) is 78.0 cm³/mol. The van der Waals surface area contributed by atoms with E-state index in [4.69, 9.17) is 4.74 Å². The Bertz CT molecular complexity index is 189. The summed E-state index contributed by atoms with van der Waals surface area (Å²) in [7, 11) is 0. The summed E-state index contributed by atoms with van der Waals surface area (Å²) in [5.74, 6) is 1.55. The van der Waals surface area contributed by atoms with Crippen molar-refractivity contribution in [3.63, 3.8) is 0 Å². The zero-order valence-electron chi connectivity index (χ0n) is 12.6. The molecule has 1 aliphatic rings. The van der Waals surface area contributed by atoms with Crippen molar-refractivity contribution in [1.29, 1.82) is 0 Å². The third-order valence-corrected chi connectivity index (χ3v) is 3.57. The molecule has 0 amide bonds. The molecule has 0 radical (unpaired) electrons. The Hall–Kier alpha value is -0.120. The summed E-state index contributed by atoms with van der Waals surface area (Å²) >= 11 is 0. The smallest absolute Gasteiger partial charge is 0.0593 e. The minimum atomic E-state index is 0.653. The molecule has 1 fully saturated rings. The Morgan fingerprint density at radius 3 is 2.61 bits per heavy atom. The molecular weight excluding hydrogens is 224 g/mol. The van der Waals surface area contributed by atoms with Gasteiger partial charge in [-0.3, -0.25) is 0 Å². The second-order valence-electron chi connectivity index (χ2n) is 5.96. The van der Waals surface area contributed by atoms with Crippen LogP contribution in [0.3, 0.4) is 0 Å². The number of nitrogens with one attached hydrogen (secondary N) is 1. The van der Waals surface area contributed by atoms with E-state index in [1.165, 1.54) is 45.4 Å². The monoisotopic (exact) mass is 256 g/mol. The average molecular weight is 256 g/mol. The van der Waals surface area contributed by atoms with E-state index in [2.05, 4.69) is 31.0 Å². The van der Waals surface area contributed by atoms with Crippen LogP contribution in [-0.4, -0.2) is 50.8 Å². The van der Waals surface area contributed by atoms with Crippen LogP contribution in [0.1, 0.15) is 40.0 Å². The van der Waals surface area contributed by atoms with Crippen molar-refractivity contribution >= 4 is 0 Å². The van der Waals surface area contributed by atoms with Crippen LogP contribution in [0.2, 0.25) is 0 Å². The molecule has 0 bridgehead atoms. The van der Waals surface area contributed by atoms with Gasteiger partial charge in [0.15, 0.2) is 0 Å². The molecule has 108 valence electrons. The van der Waals surface area contributed by atoms with Gasteiger partial charge in [-0.15, -0.1) is 0 Å². The quantitative estimate of drug-likeness (QED) is 0.641. The Morgan fingerprint density at radius 2 is 2.00 bits per heavy atom. The Kier molecular flexibility index (Phi) is 8.64. The van der Waals surface area contributed by atoms with Gasteiger partial charge in [0, 0.05) is 13.2 Å². The maximum atomic E-state index is 5.65. The van der Waals surface area contributed by atoms with Gasteiger partial charge in [-0.2, -0.15) is 0 Å². The first-order chi connectivity index (χ1) is 8.72. The lowest BCUT2D eigenvalue weighted by molar-refractivity contribution is 0.0739. The molecule has 0 aromatic heterocycles. The minimum absolute atomic E-state index is 0.653. The normalized spacial score (nSPS) is 18.7. The van der Waals surface area contributed by atoms with E-state index in [9.17, 15) is 0 Å². The molecule has 0 aromatic carbocycles. The predicted octanol–water partition coefficient (Wildman–Crippen LogP) is 2.37. The van der Waals surface area contributed by atoms with E-state index >= 15 is 0 Å². The van der Waals surface area contributed by atoms with Crippen LogP contribution in [0.4, 0.5) is 0 Å². The summed E-state index contributed by atoms with van der Waals surface area (Å²) < 4.78 is 5.65. The third kappa shape index (κ3) is 7.34. The van der Waals surface area contributed by atoms with Crippen LogP contribution in [0, 0.1) is 11.8 Å². The van der Waals surface area contributed by atoms with E-state index in [0.29, 0.717) is 5.92 Å². The first kappa shape index (κ1) is 15.9. The van der Waals surface area contributed by atoms with Gasteiger partial charge in [-0.25, -0.2) is 0 Å². The van der Waals surface area contributed by atoms with Crippen molar-refractivity contribution in [2.45, 2.75) is 40.0 Å². The molecule has 0 atom stereocenters. The van der Waals surface area contributed by atoms with E-state index in [-0.39, 0.29) is 0 Å². The van der Waals surface area contributed by atoms with Crippen LogP contribution in [0.25, 0.3) is 0 Å². The lowest BCUT2D eigenvalue weighted by Gasteiger charge is -2.32. The highest BCUT2D eigenvalue weighted by Crippen LogP contribution is 2.15. The molecule has 1 N–H and O–H groups in total. The van der Waals surface area contributed by atoms with Crippen molar-refractivity contribution in [2.75, 3.05) is 45.9 Å². The topological polar surface area (TPSA) is 24.5 Å². The second kappa shape index (κ2) is 9.76. The summed E-state index contributed by atoms with van der Waals surface area (Å²) in [5, 5.41) is 3.54. The van der Waals surface area contributed by atoms with Crippen LogP contribution in [0.5, 0.6) is 0 Å². The number of nitrogens with zero attached hydrogens (tertiary/aromatic N) is 1. The number of hydrogen-bond acceptors (Lipinski definition) is 3. The molecule has 18 heavy (non-hydrogen) atoms. The highest BCUT2D eigenvalue weighted by atomic mass is 16.5. The Balaban J connectivity index is 1.98. The number of piperidine rings is 1. The van der Waals surface area contributed by atoms with E-state index in [1.807, 2.05) is 0 Å². The lowest BCUT2D eigenvalue weighted by Crippen LogP contribution is -2.39. The van der Waals surface area contributed by atoms with Crippen LogP contribution in [0.15, 0.2) is 0 Å². The summed E-state index contributed by atoms with van der Waals surface area (Å²) in [6.07, 6.45) is 3.94. The Morgan fingerprint density at radius 1 is 1.28 bits per heavy atom. The molecule has 1 saturated heterocycles. The molecular formula is C15H32N2O. The van der Waals surface area contributed by atoms with Gasteiger partial charge in [-0.05, 0) is 57.3 Å². The maximum absolute atomic E-state index is 5.65. The average Bonchev–Trinajstić information content (AvgIpc) is 2.36. The first-order valence-electron chi connectivity index (χ1n) is 7.73. The lowest BCUT2D eigenvalue weighted by atomic mass is 9.97. The molecule has 0 unspecified atom stereocenters. The van der Waals surface area contributed by atoms with Crippen LogP contribution >= 0.6 is 0 Å². The number of ether oxygens (including phenoxy) is 1. The fourth-order valence-corrected chi connectivity index (χ4v) is 2.41. The maximum Gasteiger partial charge on any atom is 0.0593 e. The van der Waals surface area contributed by atoms with Crippen molar-refractivity contribution < 1.29 is 4.74 Å². The highest BCUT2D eigenvalue weighted by molar-refractivity contribution is 4.73. The van der Waals surface area contributed by atoms with Crippen molar-refractivity contribution in [1.82, 2.24) is 10.2 Å². The summed E-state index contributed by atoms with van der Waals surface area (Å²) in [5.41, 5.74) is 0. The zero-order chi connectivity index (χ0) is 13.2. The van der Waals surface area contributed by atoms with Crippen LogP contribution < -0.4 is 5.32 Å². The van der Waals surface area contributed by atoms with Crippen molar-refractivity contribution in [3.8, 4) is 0 Å². The van der Waals surface area contributed by atoms with Crippen molar-refractivity contribution in [3.05, 3.63) is 0 Å². The largest absolute Gasteiger partial charge is 0.380 e. The van der Waals surface area contributed by atoms with Gasteiger partial charge in [0.2, 0.25) is 0 Å². The van der Waals surface area contributed by atoms with Crippen LogP contribution in [-0.2, 0) is 4.74 Å². The fraction of sp³-hybridized carbons (Fsp3) is 1.00. The molecule has 0 saturated carbocycles. The van der Waals surface area contributed by atoms with E-state index in [1.54, 1.807) is 0 Å². The second-order valence-corrected chi connectivity index (χ2v) is 5.96. The van der Waals surface area contributed by atoms with Gasteiger partial charge in [-0.1, -0.05) is 20.8 Å². The van der Waals surface area contributed by atoms with Gasteiger partial charge >= 0.3 is 0 Å². The molecule has 0 spiro atoms. The standard InChI is InChI=1S/C15H32N2O/c1-4-7-16-12-15-5-8-17(9-6-15)10-11-18-13-14(2)3/h14-16H,4-13H2,1-3H3. The first-order valence-corrected chi connectivity index (χ1v) is 7.73. The third-order valence-electron chi connectivity index (χ3n) is 3.57. The number of hydrogen-bond donors (Lipinski definition) is 1.